The van der Waals surface area contributed by atoms with Gasteiger partial charge in [0, 0.05) is 25.5 Å². The average Bonchev–Trinajstić information content (AvgIpc) is 3.21. The van der Waals surface area contributed by atoms with Gasteiger partial charge in [0.2, 0.25) is 5.95 Å². The maximum Gasteiger partial charge on any atom is 0.337 e. The lowest BCUT2D eigenvalue weighted by atomic mass is 10.2. The van der Waals surface area contributed by atoms with Gasteiger partial charge in [-0.15, -0.1) is 0 Å². The van der Waals surface area contributed by atoms with Gasteiger partial charge in [-0.05, 0) is 31.0 Å². The van der Waals surface area contributed by atoms with Crippen LogP contribution >= 0.6 is 11.6 Å². The molecule has 8 nitrogen and oxygen atoms in total. The van der Waals surface area contributed by atoms with Gasteiger partial charge in [-0.3, -0.25) is 4.79 Å². The number of carbonyl (C=O) groups is 2. The number of ether oxygens (including phenoxy) is 2. The molecule has 1 aliphatic rings. The Morgan fingerprint density at radius 1 is 1.30 bits per heavy atom. The predicted octanol–water partition coefficient (Wildman–Crippen LogP) is 2.57. The molecule has 27 heavy (non-hydrogen) atoms. The summed E-state index contributed by atoms with van der Waals surface area (Å²) < 4.78 is 10.2. The predicted molar refractivity (Wildman–Crippen MR) is 99.4 cm³/mol. The molecule has 3 rings (SSSR count). The Hall–Kier alpha value is -2.71. The van der Waals surface area contributed by atoms with E-state index < -0.39 is 5.97 Å². The van der Waals surface area contributed by atoms with Crippen LogP contribution in [0.25, 0.3) is 0 Å². The second-order valence-corrected chi connectivity index (χ2v) is 6.36. The molecule has 0 spiro atoms. The Kier molecular flexibility index (Phi) is 6.20. The lowest BCUT2D eigenvalue weighted by Gasteiger charge is -2.11. The van der Waals surface area contributed by atoms with Crippen molar-refractivity contribution in [1.29, 1.82) is 0 Å². The van der Waals surface area contributed by atoms with E-state index in [9.17, 15) is 9.59 Å². The lowest BCUT2D eigenvalue weighted by molar-refractivity contribution is 0.0600. The molecule has 1 saturated heterocycles. The monoisotopic (exact) mass is 390 g/mol. The Morgan fingerprint density at radius 3 is 2.74 bits per heavy atom. The first kappa shape index (κ1) is 19.1. The summed E-state index contributed by atoms with van der Waals surface area (Å²) in [5, 5.41) is 6.12. The molecule has 1 unspecified atom stereocenters. The number of hydrogen-bond acceptors (Lipinski definition) is 7. The molecular formula is C18H19ClN4O4. The number of halogens is 1. The van der Waals surface area contributed by atoms with E-state index in [1.54, 1.807) is 18.2 Å². The van der Waals surface area contributed by atoms with E-state index in [0.717, 1.165) is 19.4 Å². The topological polar surface area (TPSA) is 102 Å². The third kappa shape index (κ3) is 4.93. The molecule has 0 radical (unpaired) electrons. The van der Waals surface area contributed by atoms with Crippen molar-refractivity contribution in [2.24, 2.45) is 0 Å². The van der Waals surface area contributed by atoms with E-state index in [2.05, 4.69) is 25.3 Å². The highest BCUT2D eigenvalue weighted by Gasteiger charge is 2.17. The van der Waals surface area contributed by atoms with Crippen LogP contribution in [-0.4, -0.2) is 48.2 Å². The van der Waals surface area contributed by atoms with Gasteiger partial charge in [0.05, 0.1) is 35.1 Å². The maximum absolute atomic E-state index is 12.1. The summed E-state index contributed by atoms with van der Waals surface area (Å²) in [4.78, 5) is 32.0. The number of nitrogens with one attached hydrogen (secondary N) is 2. The average molecular weight is 391 g/mol. The van der Waals surface area contributed by atoms with E-state index in [1.807, 2.05) is 0 Å². The van der Waals surface area contributed by atoms with Gasteiger partial charge in [-0.2, -0.15) is 0 Å². The first-order valence-electron chi connectivity index (χ1n) is 8.43. The van der Waals surface area contributed by atoms with Gasteiger partial charge in [0.25, 0.3) is 5.91 Å². The molecule has 1 aromatic heterocycles. The number of benzene rings is 1. The van der Waals surface area contributed by atoms with Gasteiger partial charge in [0.1, 0.15) is 0 Å². The van der Waals surface area contributed by atoms with E-state index >= 15 is 0 Å². The number of nitrogens with zero attached hydrogens (tertiary/aromatic N) is 2. The minimum absolute atomic E-state index is 0.0695. The van der Waals surface area contributed by atoms with Crippen molar-refractivity contribution in [2.45, 2.75) is 18.9 Å². The van der Waals surface area contributed by atoms with Crippen molar-refractivity contribution in [3.8, 4) is 0 Å². The molecule has 2 aromatic rings. The minimum Gasteiger partial charge on any atom is -0.465 e. The SMILES string of the molecule is COC(=O)c1ccc(Cl)c(Nc2ncc(C(=O)NCC3CCCO3)cn2)c1. The number of esters is 1. The summed E-state index contributed by atoms with van der Waals surface area (Å²) in [5.74, 6) is -0.494. The molecule has 1 fully saturated rings. The normalized spacial score (nSPS) is 16.0. The summed E-state index contributed by atoms with van der Waals surface area (Å²) in [7, 11) is 1.30. The summed E-state index contributed by atoms with van der Waals surface area (Å²) >= 11 is 6.13. The van der Waals surface area contributed by atoms with E-state index in [-0.39, 0.29) is 18.0 Å². The molecule has 1 aromatic carbocycles. The molecule has 1 amide bonds. The fraction of sp³-hybridized carbons (Fsp3) is 0.333. The highest BCUT2D eigenvalue weighted by atomic mass is 35.5. The van der Waals surface area contributed by atoms with Crippen molar-refractivity contribution < 1.29 is 19.1 Å². The molecule has 0 saturated carbocycles. The molecule has 1 atom stereocenters. The number of aromatic nitrogens is 2. The molecule has 2 heterocycles. The number of carbonyl (C=O) groups excluding carboxylic acids is 2. The van der Waals surface area contributed by atoms with Gasteiger partial charge in [-0.25, -0.2) is 14.8 Å². The van der Waals surface area contributed by atoms with Crippen LogP contribution in [0.1, 0.15) is 33.6 Å². The first-order valence-corrected chi connectivity index (χ1v) is 8.81. The Balaban J connectivity index is 1.63. The largest absolute Gasteiger partial charge is 0.465 e. The fourth-order valence-electron chi connectivity index (χ4n) is 2.61. The van der Waals surface area contributed by atoms with E-state index in [4.69, 9.17) is 16.3 Å². The van der Waals surface area contributed by atoms with E-state index in [0.29, 0.717) is 28.4 Å². The molecule has 1 aliphatic heterocycles. The number of amides is 1. The van der Waals surface area contributed by atoms with Crippen LogP contribution in [0.3, 0.4) is 0 Å². The van der Waals surface area contributed by atoms with Gasteiger partial charge < -0.3 is 20.1 Å². The highest BCUT2D eigenvalue weighted by Crippen LogP contribution is 2.25. The zero-order chi connectivity index (χ0) is 19.2. The van der Waals surface area contributed by atoms with Crippen molar-refractivity contribution >= 4 is 35.1 Å². The zero-order valence-electron chi connectivity index (χ0n) is 14.7. The van der Waals surface area contributed by atoms with Gasteiger partial charge >= 0.3 is 5.97 Å². The van der Waals surface area contributed by atoms with Crippen molar-refractivity contribution in [3.63, 3.8) is 0 Å². The quantitative estimate of drug-likeness (QED) is 0.730. The summed E-state index contributed by atoms with van der Waals surface area (Å²) in [6.07, 6.45) is 4.87. The summed E-state index contributed by atoms with van der Waals surface area (Å²) in [6.45, 7) is 1.21. The molecule has 0 bridgehead atoms. The van der Waals surface area contributed by atoms with Crippen molar-refractivity contribution in [1.82, 2.24) is 15.3 Å². The Morgan fingerprint density at radius 2 is 2.07 bits per heavy atom. The fourth-order valence-corrected chi connectivity index (χ4v) is 2.77. The zero-order valence-corrected chi connectivity index (χ0v) is 15.5. The molecular weight excluding hydrogens is 372 g/mol. The second-order valence-electron chi connectivity index (χ2n) is 5.95. The highest BCUT2D eigenvalue weighted by molar-refractivity contribution is 6.33. The summed E-state index contributed by atoms with van der Waals surface area (Å²) in [5.41, 5.74) is 1.14. The standard InChI is InChI=1S/C18H19ClN4O4/c1-26-17(25)11-4-5-14(19)15(7-11)23-18-21-8-12(9-22-18)16(24)20-10-13-3-2-6-27-13/h4-5,7-9,13H,2-3,6,10H2,1H3,(H,20,24)(H,21,22,23). The van der Waals surface area contributed by atoms with Crippen molar-refractivity contribution in [2.75, 3.05) is 25.6 Å². The van der Waals surface area contributed by atoms with Crippen LogP contribution in [0, 0.1) is 0 Å². The number of rotatable bonds is 6. The number of methoxy groups -OCH3 is 1. The van der Waals surface area contributed by atoms with Crippen LogP contribution in [0.4, 0.5) is 11.6 Å². The van der Waals surface area contributed by atoms with Crippen molar-refractivity contribution in [3.05, 3.63) is 46.7 Å². The molecule has 0 aliphatic carbocycles. The Labute approximate surface area is 161 Å². The molecule has 2 N–H and O–H groups in total. The van der Waals surface area contributed by atoms with Crippen LogP contribution in [0.15, 0.2) is 30.6 Å². The number of hydrogen-bond donors (Lipinski definition) is 2. The first-order chi connectivity index (χ1) is 13.1. The van der Waals surface area contributed by atoms with E-state index in [1.165, 1.54) is 19.5 Å². The van der Waals surface area contributed by atoms with Crippen LogP contribution in [0.5, 0.6) is 0 Å². The third-order valence-corrected chi connectivity index (χ3v) is 4.39. The Bertz CT molecular complexity index is 823. The second kappa shape index (κ2) is 8.79. The number of anilines is 2. The summed E-state index contributed by atoms with van der Waals surface area (Å²) in [6, 6.07) is 4.67. The third-order valence-electron chi connectivity index (χ3n) is 4.06. The maximum atomic E-state index is 12.1. The van der Waals surface area contributed by atoms with Crippen LogP contribution < -0.4 is 10.6 Å². The molecule has 142 valence electrons. The molecule has 9 heteroatoms. The van der Waals surface area contributed by atoms with Crippen LogP contribution in [0.2, 0.25) is 5.02 Å². The minimum atomic E-state index is -0.478. The van der Waals surface area contributed by atoms with Gasteiger partial charge in [0.15, 0.2) is 0 Å². The van der Waals surface area contributed by atoms with Gasteiger partial charge in [-0.1, -0.05) is 11.6 Å². The van der Waals surface area contributed by atoms with Crippen LogP contribution in [-0.2, 0) is 9.47 Å². The lowest BCUT2D eigenvalue weighted by Crippen LogP contribution is -2.31. The smallest absolute Gasteiger partial charge is 0.337 e.